The standard InChI is InChI=1S/C32H46N4O5.C2HF3O2/c1-23(2)36(32(38)25-8-13-29(40-4)30(20-25)41-18-6-17-39-3)28-10-9-26(34-22-28)14-16-35(27-11-12-27)31(37)19-24-7-5-15-33-21-24;3-2(4,5)1(6)7/h5,7-8,13,15,20-21,23,26-28,34H,6,9-12,14,16-19,22H2,1-4H3;(H,6,7)/t26-,28-;/m1./s1. The number of carbonyl (C=O) groups excluding carboxylic acids is 2. The van der Waals surface area contributed by atoms with Gasteiger partial charge >= 0.3 is 12.1 Å². The third-order valence-electron chi connectivity index (χ3n) is 8.18. The van der Waals surface area contributed by atoms with E-state index in [1.165, 1.54) is 0 Å². The highest BCUT2D eigenvalue weighted by atomic mass is 19.4. The van der Waals surface area contributed by atoms with Gasteiger partial charge in [-0.05, 0) is 75.8 Å². The fraction of sp³-hybridized carbons (Fsp3) is 0.588. The maximum Gasteiger partial charge on any atom is 0.490 e. The Morgan fingerprint density at radius 2 is 1.75 bits per heavy atom. The highest BCUT2D eigenvalue weighted by Crippen LogP contribution is 2.31. The van der Waals surface area contributed by atoms with Crippen LogP contribution in [0.4, 0.5) is 13.2 Å². The summed E-state index contributed by atoms with van der Waals surface area (Å²) in [4.78, 5) is 43.9. The van der Waals surface area contributed by atoms with Crippen LogP contribution >= 0.6 is 0 Å². The Morgan fingerprint density at radius 3 is 2.29 bits per heavy atom. The zero-order chi connectivity index (χ0) is 35.3. The molecule has 2 heterocycles. The van der Waals surface area contributed by atoms with Crippen molar-refractivity contribution in [3.63, 3.8) is 0 Å². The van der Waals surface area contributed by atoms with E-state index in [0.717, 1.165) is 57.2 Å². The monoisotopic (exact) mass is 680 g/mol. The van der Waals surface area contributed by atoms with E-state index in [1.54, 1.807) is 38.7 Å². The van der Waals surface area contributed by atoms with Crippen LogP contribution in [0.25, 0.3) is 0 Å². The number of piperidine rings is 1. The molecule has 1 saturated carbocycles. The number of halogens is 3. The van der Waals surface area contributed by atoms with Crippen molar-refractivity contribution in [3.8, 4) is 11.5 Å². The van der Waals surface area contributed by atoms with Gasteiger partial charge in [0.05, 0.1) is 20.1 Å². The van der Waals surface area contributed by atoms with Crippen LogP contribution in [0.15, 0.2) is 42.7 Å². The number of pyridine rings is 1. The average Bonchev–Trinajstić information content (AvgIpc) is 3.89. The van der Waals surface area contributed by atoms with Crippen LogP contribution in [0.3, 0.4) is 0 Å². The Hall–Kier alpha value is -3.91. The summed E-state index contributed by atoms with van der Waals surface area (Å²) >= 11 is 0. The third-order valence-corrected chi connectivity index (χ3v) is 8.18. The first kappa shape index (κ1) is 38.5. The smallest absolute Gasteiger partial charge is 0.490 e. The predicted molar refractivity (Wildman–Crippen MR) is 172 cm³/mol. The summed E-state index contributed by atoms with van der Waals surface area (Å²) in [6, 6.07) is 10.1. The fourth-order valence-corrected chi connectivity index (χ4v) is 5.63. The van der Waals surface area contributed by atoms with Crippen molar-refractivity contribution in [1.82, 2.24) is 20.1 Å². The number of hydrogen-bond donors (Lipinski definition) is 2. The number of amides is 2. The molecule has 0 bridgehead atoms. The number of nitrogens with zero attached hydrogens (tertiary/aromatic N) is 3. The van der Waals surface area contributed by atoms with Crippen molar-refractivity contribution < 1.29 is 46.9 Å². The third kappa shape index (κ3) is 12.0. The minimum atomic E-state index is -5.08. The van der Waals surface area contributed by atoms with Crippen LogP contribution < -0.4 is 14.8 Å². The molecule has 2 aliphatic rings. The Balaban J connectivity index is 0.000000804. The van der Waals surface area contributed by atoms with Gasteiger partial charge in [0.1, 0.15) is 0 Å². The highest BCUT2D eigenvalue weighted by Gasteiger charge is 2.38. The van der Waals surface area contributed by atoms with Crippen LogP contribution in [0.1, 0.15) is 68.3 Å². The molecule has 1 aromatic carbocycles. The number of aliphatic carboxylic acids is 1. The average molecular weight is 681 g/mol. The summed E-state index contributed by atoms with van der Waals surface area (Å²) in [6.45, 7) is 6.72. The Morgan fingerprint density at radius 1 is 1.04 bits per heavy atom. The largest absolute Gasteiger partial charge is 0.493 e. The van der Waals surface area contributed by atoms with Gasteiger partial charge in [0.2, 0.25) is 5.91 Å². The minimum Gasteiger partial charge on any atom is -0.493 e. The van der Waals surface area contributed by atoms with E-state index in [9.17, 15) is 22.8 Å². The molecule has 0 radical (unpaired) electrons. The summed E-state index contributed by atoms with van der Waals surface area (Å²) in [5.41, 5.74) is 1.55. The topological polar surface area (TPSA) is 131 Å². The number of hydrogen-bond acceptors (Lipinski definition) is 8. The number of nitrogens with one attached hydrogen (secondary N) is 1. The van der Waals surface area contributed by atoms with E-state index >= 15 is 0 Å². The second-order valence-corrected chi connectivity index (χ2v) is 12.2. The summed E-state index contributed by atoms with van der Waals surface area (Å²) in [5, 5.41) is 10.8. The summed E-state index contributed by atoms with van der Waals surface area (Å²) in [5.74, 6) is -1.40. The zero-order valence-electron chi connectivity index (χ0n) is 28.0. The molecule has 2 aromatic rings. The number of methoxy groups -OCH3 is 2. The molecule has 14 heteroatoms. The van der Waals surface area contributed by atoms with Crippen LogP contribution in [0.5, 0.6) is 11.5 Å². The van der Waals surface area contributed by atoms with E-state index in [1.807, 2.05) is 23.1 Å². The molecule has 11 nitrogen and oxygen atoms in total. The Bertz CT molecular complexity index is 1320. The molecule has 266 valence electrons. The first-order valence-electron chi connectivity index (χ1n) is 16.2. The van der Waals surface area contributed by atoms with E-state index in [2.05, 4.69) is 29.0 Å². The molecule has 2 atom stereocenters. The molecule has 2 N–H and O–H groups in total. The fourth-order valence-electron chi connectivity index (χ4n) is 5.63. The molecule has 1 aliphatic carbocycles. The van der Waals surface area contributed by atoms with E-state index in [0.29, 0.717) is 48.8 Å². The van der Waals surface area contributed by atoms with Gasteiger partial charge < -0.3 is 34.4 Å². The SMILES string of the molecule is COCCCOc1cc(C(=O)N(C(C)C)[C@@H]2CC[C@H](CCN(C(=O)Cc3cccnc3)C3CC3)NC2)ccc1OC.O=C(O)C(F)(F)F. The molecule has 48 heavy (non-hydrogen) atoms. The first-order valence-corrected chi connectivity index (χ1v) is 16.2. The molecular weight excluding hydrogens is 633 g/mol. The van der Waals surface area contributed by atoms with Crippen LogP contribution in [0, 0.1) is 0 Å². The highest BCUT2D eigenvalue weighted by molar-refractivity contribution is 5.95. The van der Waals surface area contributed by atoms with Gasteiger partial charge in [-0.2, -0.15) is 13.2 Å². The summed E-state index contributed by atoms with van der Waals surface area (Å²) in [7, 11) is 3.27. The Labute approximate surface area is 279 Å². The second kappa shape index (κ2) is 18.6. The van der Waals surface area contributed by atoms with Crippen molar-refractivity contribution in [2.75, 3.05) is 40.5 Å². The molecule has 0 unspecified atom stereocenters. The van der Waals surface area contributed by atoms with Crippen molar-refractivity contribution in [3.05, 3.63) is 53.9 Å². The number of benzene rings is 1. The number of alkyl halides is 3. The van der Waals surface area contributed by atoms with Crippen LogP contribution in [-0.2, 0) is 20.7 Å². The van der Waals surface area contributed by atoms with Crippen molar-refractivity contribution >= 4 is 17.8 Å². The normalized spacial score (nSPS) is 17.6. The van der Waals surface area contributed by atoms with Gasteiger partial charge in [-0.15, -0.1) is 0 Å². The number of carboxylic acids is 1. The minimum absolute atomic E-state index is 0.00412. The molecule has 4 rings (SSSR count). The van der Waals surface area contributed by atoms with E-state index in [4.69, 9.17) is 24.1 Å². The first-order chi connectivity index (χ1) is 22.8. The van der Waals surface area contributed by atoms with Gasteiger partial charge in [-0.3, -0.25) is 14.6 Å². The zero-order valence-corrected chi connectivity index (χ0v) is 28.0. The molecule has 1 saturated heterocycles. The van der Waals surface area contributed by atoms with Gasteiger partial charge in [0, 0.05) is 75.4 Å². The lowest BCUT2D eigenvalue weighted by atomic mass is 9.95. The second-order valence-electron chi connectivity index (χ2n) is 12.2. The number of rotatable bonds is 15. The van der Waals surface area contributed by atoms with Crippen molar-refractivity contribution in [2.45, 2.75) is 89.1 Å². The lowest BCUT2D eigenvalue weighted by Crippen LogP contribution is -2.54. The molecule has 1 aromatic heterocycles. The molecule has 2 fully saturated rings. The number of aromatic nitrogens is 1. The predicted octanol–water partition coefficient (Wildman–Crippen LogP) is 4.73. The van der Waals surface area contributed by atoms with Gasteiger partial charge in [-0.25, -0.2) is 4.79 Å². The van der Waals surface area contributed by atoms with Crippen molar-refractivity contribution in [1.29, 1.82) is 0 Å². The maximum atomic E-state index is 13.8. The van der Waals surface area contributed by atoms with Gasteiger partial charge in [0.15, 0.2) is 11.5 Å². The Kier molecular flexibility index (Phi) is 14.9. The number of ether oxygens (including phenoxy) is 3. The molecule has 2 amide bonds. The van der Waals surface area contributed by atoms with Crippen molar-refractivity contribution in [2.24, 2.45) is 0 Å². The van der Waals surface area contributed by atoms with Crippen LogP contribution in [0.2, 0.25) is 0 Å². The molecule has 0 spiro atoms. The molecule has 1 aliphatic heterocycles. The van der Waals surface area contributed by atoms with Gasteiger partial charge in [0.25, 0.3) is 5.91 Å². The molecular formula is C34H47F3N4O7. The van der Waals surface area contributed by atoms with E-state index < -0.39 is 12.1 Å². The maximum absolute atomic E-state index is 13.8. The van der Waals surface area contributed by atoms with Gasteiger partial charge in [-0.1, -0.05) is 6.07 Å². The van der Waals surface area contributed by atoms with E-state index in [-0.39, 0.29) is 23.9 Å². The number of carbonyl (C=O) groups is 3. The lowest BCUT2D eigenvalue weighted by Gasteiger charge is -2.40. The summed E-state index contributed by atoms with van der Waals surface area (Å²) in [6.07, 6.45) is 4.57. The van der Waals surface area contributed by atoms with Crippen LogP contribution in [-0.4, -0.2) is 109 Å². The quantitative estimate of drug-likeness (QED) is 0.257. The number of carboxylic acid groups (broad SMARTS) is 1. The summed E-state index contributed by atoms with van der Waals surface area (Å²) < 4.78 is 48.2. The lowest BCUT2D eigenvalue weighted by molar-refractivity contribution is -0.192.